The molecule has 5 atom stereocenters. The highest BCUT2D eigenvalue weighted by Gasteiger charge is 2.36. The molecule has 0 amide bonds. The summed E-state index contributed by atoms with van der Waals surface area (Å²) in [6, 6.07) is 8.67. The average Bonchev–Trinajstić information content (AvgIpc) is 2.58. The van der Waals surface area contributed by atoms with Gasteiger partial charge in [0.1, 0.15) is 36.8 Å². The molecule has 0 saturated heterocycles. The van der Waals surface area contributed by atoms with Crippen LogP contribution in [0.4, 0.5) is 0 Å². The second-order valence-corrected chi connectivity index (χ2v) is 5.73. The number of para-hydroxylation sites is 1. The molecule has 0 saturated carbocycles. The van der Waals surface area contributed by atoms with E-state index in [1.165, 1.54) is 0 Å². The van der Waals surface area contributed by atoms with Gasteiger partial charge in [-0.15, -0.1) is 0 Å². The number of rotatable bonds is 7. The molecule has 0 spiro atoms. The first kappa shape index (κ1) is 17.9. The summed E-state index contributed by atoms with van der Waals surface area (Å²) in [6.07, 6.45) is -1.85. The Morgan fingerprint density at radius 2 is 1.83 bits per heavy atom. The molecule has 5 unspecified atom stereocenters. The van der Waals surface area contributed by atoms with Crippen LogP contribution < -0.4 is 10.1 Å². The van der Waals surface area contributed by atoms with Crippen LogP contribution in [0.1, 0.15) is 13.3 Å². The van der Waals surface area contributed by atoms with Gasteiger partial charge in [-0.05, 0) is 24.1 Å². The summed E-state index contributed by atoms with van der Waals surface area (Å²) in [6.45, 7) is 2.19. The van der Waals surface area contributed by atoms with Crippen LogP contribution in [0, 0.1) is 0 Å². The Morgan fingerprint density at radius 1 is 1.13 bits per heavy atom. The van der Waals surface area contributed by atoms with Crippen LogP contribution in [-0.2, 0) is 0 Å². The summed E-state index contributed by atoms with van der Waals surface area (Å²) in [5.41, 5.74) is 0.676. The van der Waals surface area contributed by atoms with Gasteiger partial charge >= 0.3 is 0 Å². The summed E-state index contributed by atoms with van der Waals surface area (Å²) < 4.78 is 5.46. The van der Waals surface area contributed by atoms with E-state index < -0.39 is 30.5 Å². The topological polar surface area (TPSA) is 102 Å². The lowest BCUT2D eigenvalue weighted by Crippen LogP contribution is -2.54. The molecule has 0 bridgehead atoms. The fraction of sp³-hybridized carbons (Fsp3) is 0.529. The molecule has 1 aliphatic carbocycles. The fourth-order valence-corrected chi connectivity index (χ4v) is 2.59. The number of ether oxygens (including phenoxy) is 1. The first-order chi connectivity index (χ1) is 11.0. The highest BCUT2D eigenvalue weighted by Crippen LogP contribution is 2.22. The molecule has 0 fully saturated rings. The number of aliphatic hydroxyl groups is 4. The van der Waals surface area contributed by atoms with Crippen LogP contribution in [0.15, 0.2) is 42.0 Å². The second kappa shape index (κ2) is 8.42. The monoisotopic (exact) mass is 323 g/mol. The van der Waals surface area contributed by atoms with Crippen molar-refractivity contribution in [2.24, 2.45) is 0 Å². The third kappa shape index (κ3) is 4.76. The molecule has 6 heteroatoms. The lowest BCUT2D eigenvalue weighted by molar-refractivity contribution is -0.0633. The Kier molecular flexibility index (Phi) is 6.56. The number of nitrogens with one attached hydrogen (secondary N) is 1. The van der Waals surface area contributed by atoms with Crippen molar-refractivity contribution in [1.29, 1.82) is 0 Å². The zero-order valence-corrected chi connectivity index (χ0v) is 13.2. The molecule has 0 radical (unpaired) electrons. The number of benzene rings is 1. The van der Waals surface area contributed by atoms with E-state index in [1.54, 1.807) is 18.2 Å². The molecule has 128 valence electrons. The molecular formula is C17H25NO5. The summed E-state index contributed by atoms with van der Waals surface area (Å²) in [5.74, 6) is 0.677. The molecule has 1 aromatic carbocycles. The molecule has 1 aliphatic rings. The summed E-state index contributed by atoms with van der Waals surface area (Å²) in [5, 5.41) is 42.7. The van der Waals surface area contributed by atoms with Gasteiger partial charge in [0.25, 0.3) is 0 Å². The molecule has 6 nitrogen and oxygen atoms in total. The SMILES string of the molecule is CCC1=CC(NCC(O)COc2ccccc2)C(O)C(O)C1O. The van der Waals surface area contributed by atoms with Gasteiger partial charge in [-0.25, -0.2) is 0 Å². The lowest BCUT2D eigenvalue weighted by Gasteiger charge is -2.35. The van der Waals surface area contributed by atoms with Crippen molar-refractivity contribution in [3.8, 4) is 5.75 Å². The smallest absolute Gasteiger partial charge is 0.119 e. The van der Waals surface area contributed by atoms with Gasteiger partial charge in [0.15, 0.2) is 0 Å². The first-order valence-corrected chi connectivity index (χ1v) is 7.87. The fourth-order valence-electron chi connectivity index (χ4n) is 2.59. The van der Waals surface area contributed by atoms with Gasteiger partial charge in [-0.2, -0.15) is 0 Å². The van der Waals surface area contributed by atoms with Crippen LogP contribution >= 0.6 is 0 Å². The molecule has 5 N–H and O–H groups in total. The molecule has 23 heavy (non-hydrogen) atoms. The third-order valence-electron chi connectivity index (χ3n) is 4.00. The van der Waals surface area contributed by atoms with Crippen molar-refractivity contribution < 1.29 is 25.2 Å². The number of aliphatic hydroxyl groups excluding tert-OH is 4. The average molecular weight is 323 g/mol. The Balaban J connectivity index is 1.83. The summed E-state index contributed by atoms with van der Waals surface area (Å²) in [7, 11) is 0. The van der Waals surface area contributed by atoms with Crippen LogP contribution in [0.3, 0.4) is 0 Å². The largest absolute Gasteiger partial charge is 0.491 e. The van der Waals surface area contributed by atoms with Crippen molar-refractivity contribution in [1.82, 2.24) is 5.32 Å². The van der Waals surface area contributed by atoms with E-state index in [-0.39, 0.29) is 13.2 Å². The normalized spacial score (nSPS) is 29.0. The maximum Gasteiger partial charge on any atom is 0.119 e. The van der Waals surface area contributed by atoms with Crippen molar-refractivity contribution in [3.05, 3.63) is 42.0 Å². The van der Waals surface area contributed by atoms with Gasteiger partial charge in [-0.3, -0.25) is 0 Å². The van der Waals surface area contributed by atoms with E-state index in [1.807, 2.05) is 25.1 Å². The summed E-state index contributed by atoms with van der Waals surface area (Å²) in [4.78, 5) is 0. The minimum Gasteiger partial charge on any atom is -0.491 e. The van der Waals surface area contributed by atoms with Gasteiger partial charge in [0, 0.05) is 6.54 Å². The predicted molar refractivity (Wildman–Crippen MR) is 86.1 cm³/mol. The lowest BCUT2D eigenvalue weighted by atomic mass is 9.87. The minimum atomic E-state index is -1.23. The maximum atomic E-state index is 10.0. The standard InChI is InChI=1S/C17H25NO5/c1-2-11-8-14(16(21)17(22)15(11)20)18-9-12(19)10-23-13-6-4-3-5-7-13/h3-8,12,14-22H,2,9-10H2,1H3. The molecular weight excluding hydrogens is 298 g/mol. The van der Waals surface area contributed by atoms with E-state index in [0.717, 1.165) is 0 Å². The van der Waals surface area contributed by atoms with E-state index in [9.17, 15) is 20.4 Å². The van der Waals surface area contributed by atoms with Crippen LogP contribution in [0.2, 0.25) is 0 Å². The zero-order valence-electron chi connectivity index (χ0n) is 13.2. The van der Waals surface area contributed by atoms with E-state index in [4.69, 9.17) is 4.74 Å². The predicted octanol–water partition coefficient (Wildman–Crippen LogP) is -0.183. The maximum absolute atomic E-state index is 10.0. The van der Waals surface area contributed by atoms with Crippen molar-refractivity contribution in [2.45, 2.75) is 43.8 Å². The Morgan fingerprint density at radius 3 is 2.48 bits per heavy atom. The van der Waals surface area contributed by atoms with Crippen molar-refractivity contribution in [2.75, 3.05) is 13.2 Å². The van der Waals surface area contributed by atoms with E-state index >= 15 is 0 Å². The van der Waals surface area contributed by atoms with Crippen LogP contribution in [0.25, 0.3) is 0 Å². The van der Waals surface area contributed by atoms with Crippen LogP contribution in [0.5, 0.6) is 5.75 Å². The molecule has 0 aliphatic heterocycles. The van der Waals surface area contributed by atoms with Gasteiger partial charge in [-0.1, -0.05) is 31.2 Å². The first-order valence-electron chi connectivity index (χ1n) is 7.87. The van der Waals surface area contributed by atoms with Crippen LogP contribution in [-0.4, -0.2) is 64.0 Å². The third-order valence-corrected chi connectivity index (χ3v) is 4.00. The number of hydrogen-bond donors (Lipinski definition) is 5. The Labute approximate surface area is 136 Å². The Bertz CT molecular complexity index is 507. The van der Waals surface area contributed by atoms with Crippen molar-refractivity contribution in [3.63, 3.8) is 0 Å². The Hall–Kier alpha value is -1.44. The van der Waals surface area contributed by atoms with Crippen molar-refractivity contribution >= 4 is 0 Å². The van der Waals surface area contributed by atoms with E-state index in [2.05, 4.69) is 5.32 Å². The highest BCUT2D eigenvalue weighted by atomic mass is 16.5. The molecule has 1 aromatic rings. The minimum absolute atomic E-state index is 0.120. The van der Waals surface area contributed by atoms with E-state index in [0.29, 0.717) is 17.7 Å². The van der Waals surface area contributed by atoms with Gasteiger partial charge < -0.3 is 30.5 Å². The molecule has 0 heterocycles. The van der Waals surface area contributed by atoms with Gasteiger partial charge in [0.05, 0.1) is 6.04 Å². The second-order valence-electron chi connectivity index (χ2n) is 5.73. The molecule has 0 aromatic heterocycles. The zero-order chi connectivity index (χ0) is 16.8. The number of hydrogen-bond acceptors (Lipinski definition) is 6. The quantitative estimate of drug-likeness (QED) is 0.446. The molecule has 2 rings (SSSR count). The summed E-state index contributed by atoms with van der Waals surface area (Å²) >= 11 is 0. The highest BCUT2D eigenvalue weighted by molar-refractivity contribution is 5.22. The van der Waals surface area contributed by atoms with Gasteiger partial charge in [0.2, 0.25) is 0 Å².